The van der Waals surface area contributed by atoms with Gasteiger partial charge in [-0.05, 0) is 34.1 Å². The standard InChI is InChI=1S/C16H9BrF3N3O3/c1-26-10-3-2-7(16(18,19)20)4-9(10)23-13-11(17)15(25)12-8(14(13)24)5-21-6-22-12/h2-6,23H,1H3. The van der Waals surface area contributed by atoms with E-state index in [1.807, 2.05) is 0 Å². The number of fused-ring (bicyclic) bond motifs is 1. The number of ketones is 2. The number of ether oxygens (including phenoxy) is 1. The molecule has 0 radical (unpaired) electrons. The normalized spacial score (nSPS) is 14.3. The number of carbonyl (C=O) groups is 2. The van der Waals surface area contributed by atoms with Crippen LogP contribution in [0.25, 0.3) is 0 Å². The summed E-state index contributed by atoms with van der Waals surface area (Å²) in [6.07, 6.45) is -2.28. The lowest BCUT2D eigenvalue weighted by Crippen LogP contribution is -2.25. The van der Waals surface area contributed by atoms with Gasteiger partial charge in [-0.15, -0.1) is 0 Å². The van der Waals surface area contributed by atoms with E-state index in [-0.39, 0.29) is 32.9 Å². The summed E-state index contributed by atoms with van der Waals surface area (Å²) in [7, 11) is 1.27. The number of benzene rings is 1. The Morgan fingerprint density at radius 1 is 1.19 bits per heavy atom. The number of nitrogens with zero attached hydrogens (tertiary/aromatic N) is 2. The molecule has 1 aromatic carbocycles. The first-order valence-electron chi connectivity index (χ1n) is 7.05. The third-order valence-electron chi connectivity index (χ3n) is 3.60. The number of aromatic nitrogens is 2. The summed E-state index contributed by atoms with van der Waals surface area (Å²) in [4.78, 5) is 32.4. The van der Waals surface area contributed by atoms with E-state index >= 15 is 0 Å². The fourth-order valence-corrected chi connectivity index (χ4v) is 2.82. The second-order valence-electron chi connectivity index (χ2n) is 5.17. The van der Waals surface area contributed by atoms with Gasteiger partial charge in [-0.25, -0.2) is 9.97 Å². The van der Waals surface area contributed by atoms with E-state index in [0.717, 1.165) is 24.5 Å². The second-order valence-corrected chi connectivity index (χ2v) is 5.96. The lowest BCUT2D eigenvalue weighted by Gasteiger charge is -2.20. The van der Waals surface area contributed by atoms with Crippen molar-refractivity contribution in [3.8, 4) is 5.75 Å². The van der Waals surface area contributed by atoms with Gasteiger partial charge in [0.1, 0.15) is 23.5 Å². The molecule has 1 aliphatic carbocycles. The van der Waals surface area contributed by atoms with Gasteiger partial charge in [0, 0.05) is 6.20 Å². The number of halogens is 4. The molecular weight excluding hydrogens is 419 g/mol. The van der Waals surface area contributed by atoms with Gasteiger partial charge in [0.05, 0.1) is 28.4 Å². The predicted molar refractivity (Wildman–Crippen MR) is 88.3 cm³/mol. The van der Waals surface area contributed by atoms with Crippen LogP contribution in [0.3, 0.4) is 0 Å². The van der Waals surface area contributed by atoms with E-state index in [0.29, 0.717) is 0 Å². The lowest BCUT2D eigenvalue weighted by molar-refractivity contribution is -0.137. The molecule has 26 heavy (non-hydrogen) atoms. The average Bonchev–Trinajstić information content (AvgIpc) is 2.62. The highest BCUT2D eigenvalue weighted by Gasteiger charge is 2.34. The summed E-state index contributed by atoms with van der Waals surface area (Å²) in [6.45, 7) is 0. The minimum absolute atomic E-state index is 0.0471. The fraction of sp³-hybridized carbons (Fsp3) is 0.125. The number of alkyl halides is 3. The Morgan fingerprint density at radius 3 is 2.58 bits per heavy atom. The Hall–Kier alpha value is -2.75. The number of Topliss-reactive ketones (excluding diaryl/α,β-unsaturated/α-hetero) is 2. The number of hydrogen-bond donors (Lipinski definition) is 1. The molecule has 6 nitrogen and oxygen atoms in total. The van der Waals surface area contributed by atoms with Crippen molar-refractivity contribution in [1.29, 1.82) is 0 Å². The smallest absolute Gasteiger partial charge is 0.416 e. The van der Waals surface area contributed by atoms with Crippen LogP contribution >= 0.6 is 15.9 Å². The highest BCUT2D eigenvalue weighted by atomic mass is 79.9. The average molecular weight is 428 g/mol. The van der Waals surface area contributed by atoms with E-state index in [9.17, 15) is 22.8 Å². The molecule has 1 aromatic heterocycles. The third kappa shape index (κ3) is 3.07. The Morgan fingerprint density at radius 2 is 1.92 bits per heavy atom. The number of anilines is 1. The Labute approximate surface area is 153 Å². The topological polar surface area (TPSA) is 81.2 Å². The van der Waals surface area contributed by atoms with Crippen LogP contribution in [-0.4, -0.2) is 28.6 Å². The van der Waals surface area contributed by atoms with Crippen LogP contribution in [-0.2, 0) is 6.18 Å². The second kappa shape index (κ2) is 6.52. The first-order chi connectivity index (χ1) is 12.2. The van der Waals surface area contributed by atoms with Gasteiger partial charge in [-0.2, -0.15) is 13.2 Å². The van der Waals surface area contributed by atoms with E-state index in [2.05, 4.69) is 31.2 Å². The van der Waals surface area contributed by atoms with Gasteiger partial charge in [0.15, 0.2) is 0 Å². The number of methoxy groups -OCH3 is 1. The van der Waals surface area contributed by atoms with E-state index in [1.54, 1.807) is 0 Å². The van der Waals surface area contributed by atoms with Crippen molar-refractivity contribution >= 4 is 33.2 Å². The minimum atomic E-state index is -4.58. The molecule has 0 bridgehead atoms. The summed E-state index contributed by atoms with van der Waals surface area (Å²) < 4.78 is 43.8. The summed E-state index contributed by atoms with van der Waals surface area (Å²) in [5, 5.41) is 2.57. The number of rotatable bonds is 3. The minimum Gasteiger partial charge on any atom is -0.495 e. The molecule has 1 aliphatic rings. The van der Waals surface area contributed by atoms with Crippen LogP contribution in [0.15, 0.2) is 40.9 Å². The Kier molecular flexibility index (Phi) is 4.53. The summed E-state index contributed by atoms with van der Waals surface area (Å²) >= 11 is 3.02. The molecule has 1 N–H and O–H groups in total. The van der Waals surface area contributed by atoms with Crippen molar-refractivity contribution in [3.05, 3.63) is 57.7 Å². The molecule has 3 rings (SSSR count). The first-order valence-corrected chi connectivity index (χ1v) is 7.84. The van der Waals surface area contributed by atoms with Crippen molar-refractivity contribution in [1.82, 2.24) is 9.97 Å². The van der Waals surface area contributed by atoms with Crippen molar-refractivity contribution < 1.29 is 27.5 Å². The SMILES string of the molecule is COc1ccc(C(F)(F)F)cc1NC1=C(Br)C(=O)c2ncncc2C1=O. The van der Waals surface area contributed by atoms with Crippen LogP contribution in [0.4, 0.5) is 18.9 Å². The molecule has 0 saturated heterocycles. The van der Waals surface area contributed by atoms with Crippen LogP contribution in [0, 0.1) is 0 Å². The zero-order valence-corrected chi connectivity index (χ0v) is 14.6. The maximum atomic E-state index is 13.0. The van der Waals surface area contributed by atoms with Crippen LogP contribution in [0.5, 0.6) is 5.75 Å². The van der Waals surface area contributed by atoms with Crippen molar-refractivity contribution in [3.63, 3.8) is 0 Å². The predicted octanol–water partition coefficient (Wildman–Crippen LogP) is 3.60. The quantitative estimate of drug-likeness (QED) is 0.805. The zero-order valence-electron chi connectivity index (χ0n) is 13.0. The Bertz CT molecular complexity index is 957. The number of hydrogen-bond acceptors (Lipinski definition) is 6. The van der Waals surface area contributed by atoms with Crippen molar-refractivity contribution in [2.75, 3.05) is 12.4 Å². The highest BCUT2D eigenvalue weighted by molar-refractivity contribution is 9.12. The first kappa shape index (κ1) is 18.1. The molecule has 0 fully saturated rings. The lowest BCUT2D eigenvalue weighted by atomic mass is 9.98. The maximum Gasteiger partial charge on any atom is 0.416 e. The molecule has 0 unspecified atom stereocenters. The van der Waals surface area contributed by atoms with Gasteiger partial charge in [-0.3, -0.25) is 9.59 Å². The van der Waals surface area contributed by atoms with Crippen LogP contribution in [0.2, 0.25) is 0 Å². The molecular formula is C16H9BrF3N3O3. The largest absolute Gasteiger partial charge is 0.495 e. The molecule has 1 heterocycles. The van der Waals surface area contributed by atoms with E-state index in [1.165, 1.54) is 13.3 Å². The monoisotopic (exact) mass is 427 g/mol. The molecule has 0 amide bonds. The Balaban J connectivity index is 2.07. The third-order valence-corrected chi connectivity index (χ3v) is 4.36. The summed E-state index contributed by atoms with van der Waals surface area (Å²) in [6, 6.07) is 2.76. The summed E-state index contributed by atoms with van der Waals surface area (Å²) in [5.41, 5.74) is -1.41. The summed E-state index contributed by atoms with van der Waals surface area (Å²) in [5.74, 6) is -1.15. The van der Waals surface area contributed by atoms with Crippen molar-refractivity contribution in [2.45, 2.75) is 6.18 Å². The van der Waals surface area contributed by atoms with Gasteiger partial charge >= 0.3 is 6.18 Å². The molecule has 10 heteroatoms. The zero-order chi connectivity index (χ0) is 19.1. The van der Waals surface area contributed by atoms with E-state index in [4.69, 9.17) is 4.74 Å². The van der Waals surface area contributed by atoms with Crippen LogP contribution < -0.4 is 10.1 Å². The maximum absolute atomic E-state index is 13.0. The number of allylic oxidation sites excluding steroid dienone is 2. The molecule has 2 aromatic rings. The van der Waals surface area contributed by atoms with Crippen molar-refractivity contribution in [2.24, 2.45) is 0 Å². The van der Waals surface area contributed by atoms with Crippen LogP contribution in [0.1, 0.15) is 26.4 Å². The molecule has 0 atom stereocenters. The molecule has 0 aliphatic heterocycles. The van der Waals surface area contributed by atoms with Gasteiger partial charge in [-0.1, -0.05) is 0 Å². The number of nitrogens with one attached hydrogen (secondary N) is 1. The van der Waals surface area contributed by atoms with Gasteiger partial charge < -0.3 is 10.1 Å². The molecule has 0 spiro atoms. The highest BCUT2D eigenvalue weighted by Crippen LogP contribution is 2.37. The molecule has 134 valence electrons. The number of carbonyl (C=O) groups excluding carboxylic acids is 2. The van der Waals surface area contributed by atoms with E-state index < -0.39 is 23.3 Å². The van der Waals surface area contributed by atoms with Gasteiger partial charge in [0.2, 0.25) is 11.6 Å². The fourth-order valence-electron chi connectivity index (χ4n) is 2.36. The molecule has 0 saturated carbocycles. The van der Waals surface area contributed by atoms with Gasteiger partial charge in [0.25, 0.3) is 0 Å².